The van der Waals surface area contributed by atoms with Crippen LogP contribution in [0.1, 0.15) is 12.5 Å². The van der Waals surface area contributed by atoms with Gasteiger partial charge in [0.25, 0.3) is 0 Å². The van der Waals surface area contributed by atoms with Gasteiger partial charge in [0, 0.05) is 18.2 Å². The molecule has 4 nitrogen and oxygen atoms in total. The summed E-state index contributed by atoms with van der Waals surface area (Å²) in [6, 6.07) is 6.22. The molecule has 1 amide bonds. The highest BCUT2D eigenvalue weighted by molar-refractivity contribution is 5.92. The minimum absolute atomic E-state index is 0.0597. The molecule has 0 aromatic heterocycles. The van der Waals surface area contributed by atoms with Crippen molar-refractivity contribution in [2.24, 2.45) is 0 Å². The largest absolute Gasteiger partial charge is 0.394 e. The topological polar surface area (TPSA) is 49.8 Å². The van der Waals surface area contributed by atoms with E-state index in [9.17, 15) is 9.18 Å². The van der Waals surface area contributed by atoms with Crippen LogP contribution in [0.25, 0.3) is 6.08 Å². The standard InChI is InChI=1S/C15H18FNO3/c1-11-10-20-13(9-18)8-17(11)15(19)7-6-12-4-2-3-5-14(12)16/h2-7,11,13,18H,8-10H2,1H3/b7-6+. The van der Waals surface area contributed by atoms with Gasteiger partial charge in [-0.3, -0.25) is 4.79 Å². The third-order valence-electron chi connectivity index (χ3n) is 3.30. The Balaban J connectivity index is 2.05. The van der Waals surface area contributed by atoms with E-state index in [2.05, 4.69) is 0 Å². The predicted octanol–water partition coefficient (Wildman–Crippen LogP) is 1.45. The van der Waals surface area contributed by atoms with E-state index in [0.717, 1.165) is 0 Å². The summed E-state index contributed by atoms with van der Waals surface area (Å²) < 4.78 is 18.8. The molecule has 0 aliphatic carbocycles. The second kappa shape index (κ2) is 6.63. The fraction of sp³-hybridized carbons (Fsp3) is 0.400. The first kappa shape index (κ1) is 14.7. The zero-order valence-corrected chi connectivity index (χ0v) is 11.3. The quantitative estimate of drug-likeness (QED) is 0.852. The van der Waals surface area contributed by atoms with Gasteiger partial charge in [0.05, 0.1) is 25.4 Å². The Morgan fingerprint density at radius 3 is 3.00 bits per heavy atom. The highest BCUT2D eigenvalue weighted by Crippen LogP contribution is 2.13. The summed E-state index contributed by atoms with van der Waals surface area (Å²) in [6.45, 7) is 2.50. The lowest BCUT2D eigenvalue weighted by atomic mass is 10.1. The van der Waals surface area contributed by atoms with E-state index in [-0.39, 0.29) is 30.5 Å². The van der Waals surface area contributed by atoms with Gasteiger partial charge in [0.15, 0.2) is 0 Å². The maximum atomic E-state index is 13.4. The van der Waals surface area contributed by atoms with E-state index in [4.69, 9.17) is 9.84 Å². The highest BCUT2D eigenvalue weighted by Gasteiger charge is 2.27. The maximum Gasteiger partial charge on any atom is 0.246 e. The summed E-state index contributed by atoms with van der Waals surface area (Å²) >= 11 is 0. The molecular weight excluding hydrogens is 261 g/mol. The molecule has 108 valence electrons. The van der Waals surface area contributed by atoms with Gasteiger partial charge in [-0.25, -0.2) is 4.39 Å². The molecule has 1 aliphatic rings. The Labute approximate surface area is 117 Å². The first-order chi connectivity index (χ1) is 9.61. The molecule has 1 saturated heterocycles. The lowest BCUT2D eigenvalue weighted by molar-refractivity contribution is -0.140. The number of morpholine rings is 1. The average Bonchev–Trinajstić information content (AvgIpc) is 2.46. The third kappa shape index (κ3) is 3.43. The van der Waals surface area contributed by atoms with E-state index < -0.39 is 0 Å². The van der Waals surface area contributed by atoms with Crippen LogP contribution in [0.5, 0.6) is 0 Å². The van der Waals surface area contributed by atoms with Crippen molar-refractivity contribution in [2.45, 2.75) is 19.1 Å². The number of halogens is 1. The molecule has 0 bridgehead atoms. The fourth-order valence-corrected chi connectivity index (χ4v) is 2.10. The van der Waals surface area contributed by atoms with Crippen LogP contribution in [0.2, 0.25) is 0 Å². The molecule has 1 fully saturated rings. The minimum Gasteiger partial charge on any atom is -0.394 e. The zero-order valence-electron chi connectivity index (χ0n) is 11.3. The van der Waals surface area contributed by atoms with Gasteiger partial charge in [-0.2, -0.15) is 0 Å². The van der Waals surface area contributed by atoms with Crippen molar-refractivity contribution in [3.63, 3.8) is 0 Å². The Morgan fingerprint density at radius 1 is 1.55 bits per heavy atom. The Morgan fingerprint density at radius 2 is 2.30 bits per heavy atom. The first-order valence-electron chi connectivity index (χ1n) is 6.57. The number of aliphatic hydroxyl groups excluding tert-OH is 1. The molecule has 0 radical (unpaired) electrons. The predicted molar refractivity (Wildman–Crippen MR) is 73.4 cm³/mol. The van der Waals surface area contributed by atoms with Gasteiger partial charge in [0.1, 0.15) is 5.82 Å². The van der Waals surface area contributed by atoms with Gasteiger partial charge >= 0.3 is 0 Å². The smallest absolute Gasteiger partial charge is 0.246 e. The normalized spacial score (nSPS) is 23.2. The second-order valence-corrected chi connectivity index (χ2v) is 4.83. The molecule has 2 unspecified atom stereocenters. The number of carbonyl (C=O) groups is 1. The summed E-state index contributed by atoms with van der Waals surface area (Å²) in [5, 5.41) is 9.09. The highest BCUT2D eigenvalue weighted by atomic mass is 19.1. The van der Waals surface area contributed by atoms with Crippen LogP contribution in [0, 0.1) is 5.82 Å². The van der Waals surface area contributed by atoms with Crippen LogP contribution in [0.4, 0.5) is 4.39 Å². The van der Waals surface area contributed by atoms with Crippen molar-refractivity contribution >= 4 is 12.0 Å². The zero-order chi connectivity index (χ0) is 14.5. The minimum atomic E-state index is -0.361. The van der Waals surface area contributed by atoms with E-state index in [0.29, 0.717) is 18.7 Å². The van der Waals surface area contributed by atoms with Crippen molar-refractivity contribution in [1.82, 2.24) is 4.90 Å². The summed E-state index contributed by atoms with van der Waals surface area (Å²) in [7, 11) is 0. The number of nitrogens with zero attached hydrogens (tertiary/aromatic N) is 1. The van der Waals surface area contributed by atoms with Gasteiger partial charge < -0.3 is 14.7 Å². The summed E-state index contributed by atoms with van der Waals surface area (Å²) in [6.07, 6.45) is 2.47. The molecule has 2 rings (SSSR count). The van der Waals surface area contributed by atoms with Crippen molar-refractivity contribution in [2.75, 3.05) is 19.8 Å². The van der Waals surface area contributed by atoms with E-state index in [1.54, 1.807) is 23.1 Å². The van der Waals surface area contributed by atoms with E-state index in [1.807, 2.05) is 6.92 Å². The van der Waals surface area contributed by atoms with Crippen LogP contribution < -0.4 is 0 Å². The third-order valence-corrected chi connectivity index (χ3v) is 3.30. The summed E-state index contributed by atoms with van der Waals surface area (Å²) in [4.78, 5) is 13.8. The Kier molecular flexibility index (Phi) is 4.87. The van der Waals surface area contributed by atoms with Crippen molar-refractivity contribution in [1.29, 1.82) is 0 Å². The van der Waals surface area contributed by atoms with Crippen LogP contribution in [-0.4, -0.2) is 47.8 Å². The second-order valence-electron chi connectivity index (χ2n) is 4.83. The average molecular weight is 279 g/mol. The van der Waals surface area contributed by atoms with Crippen LogP contribution in [0.15, 0.2) is 30.3 Å². The Hall–Kier alpha value is -1.72. The maximum absolute atomic E-state index is 13.4. The number of hydrogen-bond acceptors (Lipinski definition) is 3. The number of amides is 1. The number of hydrogen-bond donors (Lipinski definition) is 1. The van der Waals surface area contributed by atoms with Crippen molar-refractivity contribution in [3.8, 4) is 0 Å². The number of rotatable bonds is 3. The lowest BCUT2D eigenvalue weighted by Crippen LogP contribution is -2.51. The monoisotopic (exact) mass is 279 g/mol. The van der Waals surface area contributed by atoms with Gasteiger partial charge in [-0.05, 0) is 19.1 Å². The first-order valence-corrected chi connectivity index (χ1v) is 6.57. The summed E-state index contributed by atoms with van der Waals surface area (Å²) in [5.41, 5.74) is 0.375. The molecule has 0 saturated carbocycles. The number of aliphatic hydroxyl groups is 1. The van der Waals surface area contributed by atoms with Crippen LogP contribution >= 0.6 is 0 Å². The molecule has 1 aromatic carbocycles. The van der Waals surface area contributed by atoms with Gasteiger partial charge in [0.2, 0.25) is 5.91 Å². The number of benzene rings is 1. The Bertz CT molecular complexity index is 504. The van der Waals surface area contributed by atoms with Gasteiger partial charge in [-0.1, -0.05) is 18.2 Å². The van der Waals surface area contributed by atoms with Crippen molar-refractivity contribution in [3.05, 3.63) is 41.7 Å². The molecule has 20 heavy (non-hydrogen) atoms. The molecule has 1 heterocycles. The fourth-order valence-electron chi connectivity index (χ4n) is 2.10. The van der Waals surface area contributed by atoms with Crippen LogP contribution in [-0.2, 0) is 9.53 Å². The van der Waals surface area contributed by atoms with E-state index >= 15 is 0 Å². The lowest BCUT2D eigenvalue weighted by Gasteiger charge is -2.36. The number of carbonyl (C=O) groups excluding carboxylic acids is 1. The molecule has 0 spiro atoms. The molecule has 2 atom stereocenters. The molecule has 5 heteroatoms. The van der Waals surface area contributed by atoms with Crippen molar-refractivity contribution < 1.29 is 19.0 Å². The molecule has 1 N–H and O–H groups in total. The number of ether oxygens (including phenoxy) is 1. The SMILES string of the molecule is CC1COC(CO)CN1C(=O)/C=C/c1ccccc1F. The molecule has 1 aliphatic heterocycles. The van der Waals surface area contributed by atoms with Crippen LogP contribution in [0.3, 0.4) is 0 Å². The summed E-state index contributed by atoms with van der Waals surface area (Å²) in [5.74, 6) is -0.567. The molecule has 1 aromatic rings. The van der Waals surface area contributed by atoms with E-state index in [1.165, 1.54) is 18.2 Å². The van der Waals surface area contributed by atoms with Gasteiger partial charge in [-0.15, -0.1) is 0 Å². The molecular formula is C15H18FNO3.